The van der Waals surface area contributed by atoms with Gasteiger partial charge >= 0.3 is 0 Å². The summed E-state index contributed by atoms with van der Waals surface area (Å²) in [5, 5.41) is 2.10. The molecule has 1 rings (SSSR count). The number of anilines is 1. The van der Waals surface area contributed by atoms with E-state index in [1.165, 1.54) is 0 Å². The van der Waals surface area contributed by atoms with Crippen molar-refractivity contribution in [2.75, 3.05) is 5.32 Å². The van der Waals surface area contributed by atoms with Crippen LogP contribution >= 0.6 is 11.6 Å². The molecule has 1 atom stereocenters. The summed E-state index contributed by atoms with van der Waals surface area (Å²) in [6.07, 6.45) is 1.62. The van der Waals surface area contributed by atoms with Gasteiger partial charge in [-0.2, -0.15) is 0 Å². The van der Waals surface area contributed by atoms with E-state index in [1.807, 2.05) is 13.8 Å². The summed E-state index contributed by atoms with van der Waals surface area (Å²) in [6, 6.07) is 3.35. The molecule has 0 aliphatic rings. The maximum Gasteiger partial charge on any atom is 0.242 e. The Kier molecular flexibility index (Phi) is 4.55. The number of aromatic nitrogens is 1. The first-order valence-corrected chi connectivity index (χ1v) is 5.50. The van der Waals surface area contributed by atoms with Crippen LogP contribution in [0.5, 0.6) is 5.88 Å². The first kappa shape index (κ1) is 12.8. The van der Waals surface area contributed by atoms with Gasteiger partial charge in [0.15, 0.2) is 0 Å². The quantitative estimate of drug-likeness (QED) is 0.825. The third-order valence-corrected chi connectivity index (χ3v) is 1.92. The number of rotatable bonds is 4. The SMILES string of the molecule is CC(C)Oc1cc(NC(=O)C(C)Cl)ccn1. The molecule has 1 aromatic heterocycles. The van der Waals surface area contributed by atoms with Crippen LogP contribution in [0.3, 0.4) is 0 Å². The van der Waals surface area contributed by atoms with Crippen molar-refractivity contribution in [3.05, 3.63) is 18.3 Å². The summed E-state index contributed by atoms with van der Waals surface area (Å²) >= 11 is 5.64. The minimum Gasteiger partial charge on any atom is -0.475 e. The molecule has 0 aliphatic carbocycles. The van der Waals surface area contributed by atoms with Crippen LogP contribution in [0.4, 0.5) is 5.69 Å². The van der Waals surface area contributed by atoms with Crippen molar-refractivity contribution in [2.24, 2.45) is 0 Å². The molecule has 0 aliphatic heterocycles. The molecule has 0 aromatic carbocycles. The van der Waals surface area contributed by atoms with Gasteiger partial charge in [0.25, 0.3) is 0 Å². The Balaban J connectivity index is 2.71. The second-order valence-electron chi connectivity index (χ2n) is 3.65. The largest absolute Gasteiger partial charge is 0.475 e. The Morgan fingerprint density at radius 1 is 1.50 bits per heavy atom. The number of amides is 1. The van der Waals surface area contributed by atoms with Gasteiger partial charge in [-0.3, -0.25) is 4.79 Å². The van der Waals surface area contributed by atoms with Crippen LogP contribution in [0, 0.1) is 0 Å². The van der Waals surface area contributed by atoms with Gasteiger partial charge in [-0.05, 0) is 26.8 Å². The molecule has 0 spiro atoms. The highest BCUT2D eigenvalue weighted by atomic mass is 35.5. The maximum absolute atomic E-state index is 11.3. The molecule has 0 radical (unpaired) electrons. The topological polar surface area (TPSA) is 51.2 Å². The lowest BCUT2D eigenvalue weighted by Crippen LogP contribution is -2.20. The van der Waals surface area contributed by atoms with E-state index in [-0.39, 0.29) is 12.0 Å². The second-order valence-corrected chi connectivity index (χ2v) is 4.31. The Hall–Kier alpha value is -1.29. The molecule has 4 nitrogen and oxygen atoms in total. The summed E-state index contributed by atoms with van der Waals surface area (Å²) < 4.78 is 5.40. The molecule has 88 valence electrons. The fourth-order valence-corrected chi connectivity index (χ4v) is 1.09. The van der Waals surface area contributed by atoms with Gasteiger partial charge in [-0.1, -0.05) is 0 Å². The van der Waals surface area contributed by atoms with E-state index in [1.54, 1.807) is 25.3 Å². The van der Waals surface area contributed by atoms with Crippen LogP contribution in [0.1, 0.15) is 20.8 Å². The van der Waals surface area contributed by atoms with E-state index < -0.39 is 5.38 Å². The number of pyridine rings is 1. The minimum absolute atomic E-state index is 0.0467. The van der Waals surface area contributed by atoms with Crippen LogP contribution in [-0.4, -0.2) is 22.4 Å². The van der Waals surface area contributed by atoms with Crippen LogP contribution in [0.25, 0.3) is 0 Å². The second kappa shape index (κ2) is 5.70. The minimum atomic E-state index is -0.567. The number of hydrogen-bond donors (Lipinski definition) is 1. The molecule has 0 bridgehead atoms. The van der Waals surface area contributed by atoms with Crippen molar-refractivity contribution in [1.82, 2.24) is 4.98 Å². The van der Waals surface area contributed by atoms with E-state index in [9.17, 15) is 4.79 Å². The molecule has 5 heteroatoms. The van der Waals surface area contributed by atoms with Crippen molar-refractivity contribution in [2.45, 2.75) is 32.3 Å². The molecular weight excluding hydrogens is 228 g/mol. The van der Waals surface area contributed by atoms with Crippen molar-refractivity contribution < 1.29 is 9.53 Å². The predicted molar refractivity (Wildman–Crippen MR) is 63.9 cm³/mol. The molecule has 0 saturated carbocycles. The smallest absolute Gasteiger partial charge is 0.242 e. The fraction of sp³-hybridized carbons (Fsp3) is 0.455. The lowest BCUT2D eigenvalue weighted by Gasteiger charge is -2.10. The highest BCUT2D eigenvalue weighted by Crippen LogP contribution is 2.15. The highest BCUT2D eigenvalue weighted by molar-refractivity contribution is 6.32. The monoisotopic (exact) mass is 242 g/mol. The van der Waals surface area contributed by atoms with Gasteiger partial charge < -0.3 is 10.1 Å². The lowest BCUT2D eigenvalue weighted by atomic mass is 10.3. The summed E-state index contributed by atoms with van der Waals surface area (Å²) in [4.78, 5) is 15.4. The number of nitrogens with one attached hydrogen (secondary N) is 1. The first-order valence-electron chi connectivity index (χ1n) is 5.06. The molecule has 1 aromatic rings. The fourth-order valence-electron chi connectivity index (χ4n) is 1.03. The van der Waals surface area contributed by atoms with Crippen molar-refractivity contribution >= 4 is 23.2 Å². The van der Waals surface area contributed by atoms with Gasteiger partial charge in [-0.15, -0.1) is 11.6 Å². The number of nitrogens with zero attached hydrogens (tertiary/aromatic N) is 1. The molecule has 0 fully saturated rings. The molecule has 0 saturated heterocycles. The Bertz CT molecular complexity index is 367. The Labute approximate surface area is 100.0 Å². The van der Waals surface area contributed by atoms with Gasteiger partial charge in [-0.25, -0.2) is 4.98 Å². The van der Waals surface area contributed by atoms with Crippen molar-refractivity contribution in [1.29, 1.82) is 0 Å². The van der Waals surface area contributed by atoms with Gasteiger partial charge in [0.2, 0.25) is 11.8 Å². The first-order chi connectivity index (χ1) is 7.49. The number of carbonyl (C=O) groups excluding carboxylic acids is 1. The number of ether oxygens (including phenoxy) is 1. The maximum atomic E-state index is 11.3. The van der Waals surface area contributed by atoms with Crippen LogP contribution in [-0.2, 0) is 4.79 Å². The van der Waals surface area contributed by atoms with E-state index in [0.717, 1.165) is 0 Å². The normalized spacial score (nSPS) is 12.3. The van der Waals surface area contributed by atoms with Crippen LogP contribution in [0.15, 0.2) is 18.3 Å². The lowest BCUT2D eigenvalue weighted by molar-refractivity contribution is -0.115. The highest BCUT2D eigenvalue weighted by Gasteiger charge is 2.09. The Morgan fingerprint density at radius 2 is 2.19 bits per heavy atom. The zero-order valence-electron chi connectivity index (χ0n) is 9.53. The average Bonchev–Trinajstić information content (AvgIpc) is 2.16. The molecule has 1 amide bonds. The summed E-state index contributed by atoms with van der Waals surface area (Å²) in [5.41, 5.74) is 0.628. The summed E-state index contributed by atoms with van der Waals surface area (Å²) in [6.45, 7) is 5.44. The van der Waals surface area contributed by atoms with E-state index >= 15 is 0 Å². The number of hydrogen-bond acceptors (Lipinski definition) is 3. The van der Waals surface area contributed by atoms with E-state index in [4.69, 9.17) is 16.3 Å². The van der Waals surface area contributed by atoms with Gasteiger partial charge in [0, 0.05) is 18.0 Å². The molecule has 16 heavy (non-hydrogen) atoms. The average molecular weight is 243 g/mol. The standard InChI is InChI=1S/C11H15ClN2O2/c1-7(2)16-10-6-9(4-5-13-10)14-11(15)8(3)12/h4-8H,1-3H3,(H,13,14,15). The summed E-state index contributed by atoms with van der Waals surface area (Å²) in [5.74, 6) is 0.235. The van der Waals surface area contributed by atoms with E-state index in [2.05, 4.69) is 10.3 Å². The van der Waals surface area contributed by atoms with Crippen molar-refractivity contribution in [3.63, 3.8) is 0 Å². The summed E-state index contributed by atoms with van der Waals surface area (Å²) in [7, 11) is 0. The van der Waals surface area contributed by atoms with Crippen LogP contribution < -0.4 is 10.1 Å². The van der Waals surface area contributed by atoms with Crippen LogP contribution in [0.2, 0.25) is 0 Å². The molecular formula is C11H15ClN2O2. The predicted octanol–water partition coefficient (Wildman–Crippen LogP) is 2.43. The molecule has 1 unspecified atom stereocenters. The molecule has 1 heterocycles. The number of alkyl halides is 1. The van der Waals surface area contributed by atoms with Gasteiger partial charge in [0.05, 0.1) is 6.10 Å². The number of carbonyl (C=O) groups is 1. The third-order valence-electron chi connectivity index (χ3n) is 1.72. The van der Waals surface area contributed by atoms with Crippen molar-refractivity contribution in [3.8, 4) is 5.88 Å². The van der Waals surface area contributed by atoms with Gasteiger partial charge in [0.1, 0.15) is 5.38 Å². The molecule has 1 N–H and O–H groups in total. The number of halogens is 1. The zero-order valence-corrected chi connectivity index (χ0v) is 10.3. The zero-order chi connectivity index (χ0) is 12.1. The third kappa shape index (κ3) is 4.06. The Morgan fingerprint density at radius 3 is 2.75 bits per heavy atom. The van der Waals surface area contributed by atoms with E-state index in [0.29, 0.717) is 11.6 Å².